The predicted octanol–water partition coefficient (Wildman–Crippen LogP) is 5.81. The highest BCUT2D eigenvalue weighted by Gasteiger charge is 2.20. The van der Waals surface area contributed by atoms with Crippen LogP contribution in [0.2, 0.25) is 0 Å². The van der Waals surface area contributed by atoms with E-state index in [1.807, 2.05) is 31.2 Å². The first-order chi connectivity index (χ1) is 15.1. The van der Waals surface area contributed by atoms with Crippen LogP contribution in [0.4, 0.5) is 5.69 Å². The number of aryl methyl sites for hydroxylation is 1. The molecule has 0 saturated heterocycles. The van der Waals surface area contributed by atoms with E-state index in [-0.39, 0.29) is 16.2 Å². The second kappa shape index (κ2) is 8.24. The average Bonchev–Trinajstić information content (AvgIpc) is 3.24. The van der Waals surface area contributed by atoms with Crippen LogP contribution in [0.25, 0.3) is 22.9 Å². The summed E-state index contributed by atoms with van der Waals surface area (Å²) in [5, 5.41) is 8.32. The maximum absolute atomic E-state index is 12.9. The number of aromatic nitrogens is 2. The fourth-order valence-corrected chi connectivity index (χ4v) is 4.32. The van der Waals surface area contributed by atoms with Crippen LogP contribution >= 0.6 is 0 Å². The molecule has 7 heteroatoms. The lowest BCUT2D eigenvalue weighted by Crippen LogP contribution is -2.13. The van der Waals surface area contributed by atoms with E-state index in [9.17, 15) is 8.42 Å². The van der Waals surface area contributed by atoms with Crippen molar-refractivity contribution in [1.82, 2.24) is 10.2 Å². The number of hydrogen-bond acceptors (Lipinski definition) is 5. The number of para-hydroxylation sites is 1. The van der Waals surface area contributed by atoms with Crippen molar-refractivity contribution in [3.8, 4) is 22.9 Å². The largest absolute Gasteiger partial charge is 0.416 e. The summed E-state index contributed by atoms with van der Waals surface area (Å²) in [5.41, 5.74) is 3.91. The quantitative estimate of drug-likeness (QED) is 0.417. The van der Waals surface area contributed by atoms with Crippen molar-refractivity contribution in [2.24, 2.45) is 0 Å². The molecule has 0 saturated carbocycles. The first-order valence-electron chi connectivity index (χ1n) is 10.3. The number of hydrogen-bond donors (Lipinski definition) is 1. The molecular weight excluding hydrogens is 422 g/mol. The third kappa shape index (κ3) is 4.57. The first-order valence-corrected chi connectivity index (χ1v) is 11.8. The smallest absolute Gasteiger partial charge is 0.261 e. The van der Waals surface area contributed by atoms with E-state index < -0.39 is 10.0 Å². The lowest BCUT2D eigenvalue weighted by Gasteiger charge is -2.18. The van der Waals surface area contributed by atoms with Gasteiger partial charge in [-0.3, -0.25) is 4.72 Å². The Kier molecular flexibility index (Phi) is 5.60. The average molecular weight is 448 g/mol. The summed E-state index contributed by atoms with van der Waals surface area (Å²) < 4.78 is 34.3. The monoisotopic (exact) mass is 447 g/mol. The van der Waals surface area contributed by atoms with E-state index in [4.69, 9.17) is 4.42 Å². The fraction of sp³-hybridized carbons (Fsp3) is 0.200. The van der Waals surface area contributed by atoms with Crippen LogP contribution in [0.5, 0.6) is 0 Å². The highest BCUT2D eigenvalue weighted by atomic mass is 32.2. The normalized spacial score (nSPS) is 12.0. The first kappa shape index (κ1) is 21.8. The molecule has 0 bridgehead atoms. The van der Waals surface area contributed by atoms with Gasteiger partial charge in [-0.1, -0.05) is 62.7 Å². The summed E-state index contributed by atoms with van der Waals surface area (Å²) in [5.74, 6) is 0.610. The third-order valence-corrected chi connectivity index (χ3v) is 6.54. The zero-order chi connectivity index (χ0) is 22.9. The Hall–Kier alpha value is -3.45. The SMILES string of the molecule is Cc1ccc(S(=O)(=O)Nc2ccccc2-c2nnc(-c3ccc(C(C)(C)C)cc3)o2)cc1. The Morgan fingerprint density at radius 2 is 1.44 bits per heavy atom. The lowest BCUT2D eigenvalue weighted by molar-refractivity contribution is 0.582. The number of rotatable bonds is 5. The molecule has 4 aromatic rings. The molecule has 164 valence electrons. The van der Waals surface area contributed by atoms with Gasteiger partial charge in [-0.15, -0.1) is 10.2 Å². The number of nitrogens with zero attached hydrogens (tertiary/aromatic N) is 2. The number of sulfonamides is 1. The van der Waals surface area contributed by atoms with E-state index >= 15 is 0 Å². The van der Waals surface area contributed by atoms with Crippen LogP contribution in [-0.2, 0) is 15.4 Å². The third-order valence-electron chi connectivity index (χ3n) is 5.16. The van der Waals surface area contributed by atoms with E-state index in [0.29, 0.717) is 17.1 Å². The van der Waals surface area contributed by atoms with Gasteiger partial charge in [0.1, 0.15) is 0 Å². The summed E-state index contributed by atoms with van der Waals surface area (Å²) in [7, 11) is -3.76. The minimum Gasteiger partial charge on any atom is -0.416 e. The molecule has 6 nitrogen and oxygen atoms in total. The van der Waals surface area contributed by atoms with Crippen molar-refractivity contribution in [2.45, 2.75) is 38.0 Å². The Morgan fingerprint density at radius 1 is 0.812 bits per heavy atom. The second-order valence-electron chi connectivity index (χ2n) is 8.70. The van der Waals surface area contributed by atoms with Gasteiger partial charge in [0.2, 0.25) is 11.8 Å². The van der Waals surface area contributed by atoms with Gasteiger partial charge in [0.25, 0.3) is 10.0 Å². The molecule has 0 atom stereocenters. The van der Waals surface area contributed by atoms with Crippen molar-refractivity contribution in [2.75, 3.05) is 4.72 Å². The fourth-order valence-electron chi connectivity index (χ4n) is 3.24. The minimum atomic E-state index is -3.76. The summed E-state index contributed by atoms with van der Waals surface area (Å²) in [4.78, 5) is 0.183. The topological polar surface area (TPSA) is 85.1 Å². The van der Waals surface area contributed by atoms with E-state index in [1.54, 1.807) is 48.5 Å². The second-order valence-corrected chi connectivity index (χ2v) is 10.4. The lowest BCUT2D eigenvalue weighted by atomic mass is 9.87. The van der Waals surface area contributed by atoms with Crippen LogP contribution in [-0.4, -0.2) is 18.6 Å². The van der Waals surface area contributed by atoms with Gasteiger partial charge in [0.05, 0.1) is 16.1 Å². The molecule has 0 aliphatic heterocycles. The van der Waals surface area contributed by atoms with Gasteiger partial charge in [-0.05, 0) is 54.3 Å². The summed E-state index contributed by atoms with van der Waals surface area (Å²) in [6, 6.07) is 21.6. The van der Waals surface area contributed by atoms with Crippen LogP contribution in [0.3, 0.4) is 0 Å². The molecule has 1 N–H and O–H groups in total. The predicted molar refractivity (Wildman–Crippen MR) is 126 cm³/mol. The molecule has 0 aliphatic carbocycles. The van der Waals surface area contributed by atoms with Crippen molar-refractivity contribution in [3.63, 3.8) is 0 Å². The molecule has 0 fully saturated rings. The Bertz CT molecular complexity index is 1330. The van der Waals surface area contributed by atoms with Crippen molar-refractivity contribution < 1.29 is 12.8 Å². The van der Waals surface area contributed by atoms with Crippen molar-refractivity contribution in [1.29, 1.82) is 0 Å². The van der Waals surface area contributed by atoms with Gasteiger partial charge >= 0.3 is 0 Å². The summed E-state index contributed by atoms with van der Waals surface area (Å²) in [6.07, 6.45) is 0. The molecular formula is C25H25N3O3S. The molecule has 0 amide bonds. The van der Waals surface area contributed by atoms with Crippen LogP contribution in [0, 0.1) is 6.92 Å². The van der Waals surface area contributed by atoms with Gasteiger partial charge in [-0.2, -0.15) is 0 Å². The maximum Gasteiger partial charge on any atom is 0.261 e. The number of nitrogens with one attached hydrogen (secondary N) is 1. The van der Waals surface area contributed by atoms with E-state index in [1.165, 1.54) is 5.56 Å². The van der Waals surface area contributed by atoms with Crippen LogP contribution in [0.15, 0.2) is 82.1 Å². The van der Waals surface area contributed by atoms with E-state index in [0.717, 1.165) is 11.1 Å². The number of benzene rings is 3. The minimum absolute atomic E-state index is 0.0477. The molecule has 1 aromatic heterocycles. The van der Waals surface area contributed by atoms with Gasteiger partial charge in [0.15, 0.2) is 0 Å². The van der Waals surface area contributed by atoms with Crippen molar-refractivity contribution in [3.05, 3.63) is 83.9 Å². The van der Waals surface area contributed by atoms with Crippen LogP contribution < -0.4 is 4.72 Å². The summed E-state index contributed by atoms with van der Waals surface area (Å²) in [6.45, 7) is 8.37. The molecule has 3 aromatic carbocycles. The highest BCUT2D eigenvalue weighted by Crippen LogP contribution is 2.31. The molecule has 0 radical (unpaired) electrons. The molecule has 4 rings (SSSR count). The highest BCUT2D eigenvalue weighted by molar-refractivity contribution is 7.92. The van der Waals surface area contributed by atoms with Crippen molar-refractivity contribution >= 4 is 15.7 Å². The molecule has 1 heterocycles. The molecule has 32 heavy (non-hydrogen) atoms. The zero-order valence-electron chi connectivity index (χ0n) is 18.5. The van der Waals surface area contributed by atoms with E-state index in [2.05, 4.69) is 35.7 Å². The Balaban J connectivity index is 1.64. The maximum atomic E-state index is 12.9. The van der Waals surface area contributed by atoms with Crippen LogP contribution in [0.1, 0.15) is 31.9 Å². The van der Waals surface area contributed by atoms with Gasteiger partial charge in [-0.25, -0.2) is 8.42 Å². The summed E-state index contributed by atoms with van der Waals surface area (Å²) >= 11 is 0. The molecule has 0 aliphatic rings. The number of anilines is 1. The van der Waals surface area contributed by atoms with Gasteiger partial charge in [0, 0.05) is 5.56 Å². The zero-order valence-corrected chi connectivity index (χ0v) is 19.3. The molecule has 0 spiro atoms. The molecule has 0 unspecified atom stereocenters. The Morgan fingerprint density at radius 3 is 2.09 bits per heavy atom. The van der Waals surface area contributed by atoms with Gasteiger partial charge < -0.3 is 4.42 Å². The Labute approximate surface area is 188 Å². The standard InChI is InChI=1S/C25H25N3O3S/c1-17-9-15-20(16-10-17)32(29,30)28-22-8-6-5-7-21(22)24-27-26-23(31-24)18-11-13-19(14-12-18)25(2,3)4/h5-16,28H,1-4H3.